The number of benzene rings is 1. The molecule has 144 valence electrons. The van der Waals surface area contributed by atoms with Gasteiger partial charge in [-0.2, -0.15) is 0 Å². The first-order valence-electron chi connectivity index (χ1n) is 8.19. The molecule has 1 aliphatic rings. The molecule has 2 N–H and O–H groups in total. The van der Waals surface area contributed by atoms with Gasteiger partial charge in [0, 0.05) is 29.4 Å². The van der Waals surface area contributed by atoms with Crippen molar-refractivity contribution in [2.75, 3.05) is 49.7 Å². The van der Waals surface area contributed by atoms with Gasteiger partial charge in [-0.05, 0) is 56.7 Å². The zero-order chi connectivity index (χ0) is 16.9. The third-order valence-corrected chi connectivity index (χ3v) is 5.90. The molecule has 0 unspecified atom stereocenters. The van der Waals surface area contributed by atoms with E-state index in [4.69, 9.17) is 5.41 Å². The van der Waals surface area contributed by atoms with Gasteiger partial charge in [0.2, 0.25) is 0 Å². The van der Waals surface area contributed by atoms with Crippen LogP contribution in [0.1, 0.15) is 11.3 Å². The number of amidine groups is 1. The van der Waals surface area contributed by atoms with Crippen LogP contribution in [-0.2, 0) is 0 Å². The van der Waals surface area contributed by atoms with E-state index in [1.165, 1.54) is 17.0 Å². The Morgan fingerprint density at radius 1 is 1.27 bits per heavy atom. The summed E-state index contributed by atoms with van der Waals surface area (Å²) in [5, 5.41) is 13.4. The largest absolute Gasteiger partial charge is 0.370 e. The Morgan fingerprint density at radius 3 is 2.77 bits per heavy atom. The Hall–Kier alpha value is -0.920. The minimum absolute atomic E-state index is 0. The van der Waals surface area contributed by atoms with Crippen molar-refractivity contribution in [2.45, 2.75) is 11.3 Å². The van der Waals surface area contributed by atoms with Gasteiger partial charge in [-0.3, -0.25) is 5.41 Å². The van der Waals surface area contributed by atoms with Gasteiger partial charge in [0.05, 0.1) is 10.6 Å². The second-order valence-electron chi connectivity index (χ2n) is 6.15. The van der Waals surface area contributed by atoms with Crippen LogP contribution >= 0.6 is 47.9 Å². The van der Waals surface area contributed by atoms with Crippen molar-refractivity contribution in [2.24, 2.45) is 0 Å². The highest BCUT2D eigenvalue weighted by Crippen LogP contribution is 2.36. The number of anilines is 2. The van der Waals surface area contributed by atoms with Crippen LogP contribution in [0.4, 0.5) is 11.4 Å². The van der Waals surface area contributed by atoms with Crippen molar-refractivity contribution in [3.63, 3.8) is 0 Å². The first-order chi connectivity index (χ1) is 11.6. The summed E-state index contributed by atoms with van der Waals surface area (Å²) in [4.78, 5) is 7.01. The molecule has 0 aliphatic carbocycles. The lowest BCUT2D eigenvalue weighted by Gasteiger charge is -2.31. The van der Waals surface area contributed by atoms with Crippen LogP contribution in [0.5, 0.6) is 0 Å². The third-order valence-electron chi connectivity index (χ3n) is 3.99. The second kappa shape index (κ2) is 11.0. The highest BCUT2D eigenvalue weighted by Gasteiger charge is 2.17. The van der Waals surface area contributed by atoms with Crippen LogP contribution in [0, 0.1) is 5.41 Å². The fourth-order valence-electron chi connectivity index (χ4n) is 2.79. The van der Waals surface area contributed by atoms with Crippen LogP contribution < -0.4 is 10.2 Å². The average Bonchev–Trinajstić information content (AvgIpc) is 3.09. The summed E-state index contributed by atoms with van der Waals surface area (Å²) in [7, 11) is 4.25. The van der Waals surface area contributed by atoms with Gasteiger partial charge < -0.3 is 15.1 Å². The molecule has 3 rings (SSSR count). The zero-order valence-electron chi connectivity index (χ0n) is 15.0. The van der Waals surface area contributed by atoms with E-state index in [1.807, 2.05) is 29.3 Å². The summed E-state index contributed by atoms with van der Waals surface area (Å²) in [6.45, 7) is 3.34. The van der Waals surface area contributed by atoms with Gasteiger partial charge >= 0.3 is 0 Å². The molecule has 2 aromatic rings. The van der Waals surface area contributed by atoms with Crippen molar-refractivity contribution in [3.05, 3.63) is 40.6 Å². The van der Waals surface area contributed by atoms with Gasteiger partial charge in [-0.15, -0.1) is 47.9 Å². The Balaban J connectivity index is 0.00000169. The molecular formula is C18H26Cl2N4S2. The molecule has 0 radical (unpaired) electrons. The number of nitrogens with one attached hydrogen (secondary N) is 2. The fourth-order valence-corrected chi connectivity index (χ4v) is 4.51. The summed E-state index contributed by atoms with van der Waals surface area (Å²) in [5.41, 5.74) is 2.33. The maximum atomic E-state index is 8.17. The first kappa shape index (κ1) is 23.1. The summed E-state index contributed by atoms with van der Waals surface area (Å²) in [6.07, 6.45) is 1.18. The Morgan fingerprint density at radius 2 is 2.08 bits per heavy atom. The minimum Gasteiger partial charge on any atom is -0.370 e. The molecule has 0 saturated heterocycles. The molecule has 1 aliphatic heterocycles. The molecule has 8 heteroatoms. The van der Waals surface area contributed by atoms with Crippen LogP contribution in [0.3, 0.4) is 0 Å². The van der Waals surface area contributed by atoms with Crippen molar-refractivity contribution >= 4 is 65.1 Å². The molecule has 1 aromatic heterocycles. The number of hydrogen-bond donors (Lipinski definition) is 2. The number of rotatable bonds is 6. The number of halogens is 2. The number of nitrogens with zero attached hydrogens (tertiary/aromatic N) is 2. The smallest absolute Gasteiger partial charge is 0.140 e. The minimum atomic E-state index is 0. The van der Waals surface area contributed by atoms with Crippen molar-refractivity contribution in [1.82, 2.24) is 4.90 Å². The number of thioether (sulfide) groups is 1. The number of thiophene rings is 1. The van der Waals surface area contributed by atoms with E-state index in [0.717, 1.165) is 36.0 Å². The van der Waals surface area contributed by atoms with Gasteiger partial charge in [0.25, 0.3) is 0 Å². The third kappa shape index (κ3) is 6.06. The topological polar surface area (TPSA) is 42.4 Å². The van der Waals surface area contributed by atoms with E-state index in [2.05, 4.69) is 47.4 Å². The average molecular weight is 433 g/mol. The van der Waals surface area contributed by atoms with Crippen LogP contribution in [0.15, 0.2) is 40.6 Å². The van der Waals surface area contributed by atoms with Gasteiger partial charge in [0.1, 0.15) is 5.84 Å². The fraction of sp³-hybridized carbons (Fsp3) is 0.389. The molecule has 0 bridgehead atoms. The van der Waals surface area contributed by atoms with E-state index in [1.54, 1.807) is 11.3 Å². The molecular weight excluding hydrogens is 407 g/mol. The monoisotopic (exact) mass is 432 g/mol. The van der Waals surface area contributed by atoms with E-state index in [9.17, 15) is 0 Å². The summed E-state index contributed by atoms with van der Waals surface area (Å²) in [5.74, 6) is 1.59. The summed E-state index contributed by atoms with van der Waals surface area (Å²) < 4.78 is 0. The number of hydrogen-bond acceptors (Lipinski definition) is 5. The Labute approximate surface area is 176 Å². The summed E-state index contributed by atoms with van der Waals surface area (Å²) in [6, 6.07) is 10.4. The number of fused-ring (bicyclic) bond motifs is 1. The predicted molar refractivity (Wildman–Crippen MR) is 122 cm³/mol. The zero-order valence-corrected chi connectivity index (χ0v) is 18.3. The van der Waals surface area contributed by atoms with Crippen molar-refractivity contribution < 1.29 is 0 Å². The molecule has 1 aromatic carbocycles. The molecule has 0 amide bonds. The van der Waals surface area contributed by atoms with Crippen molar-refractivity contribution in [3.8, 4) is 0 Å². The second-order valence-corrected chi connectivity index (χ2v) is 8.24. The SMILES string of the molecule is CN(C)CCCN1CCSc2cc(NC(=N)c3cccs3)ccc21.Cl.Cl. The van der Waals surface area contributed by atoms with E-state index in [-0.39, 0.29) is 24.8 Å². The van der Waals surface area contributed by atoms with Gasteiger partial charge in [0.15, 0.2) is 0 Å². The van der Waals surface area contributed by atoms with Crippen LogP contribution in [0.2, 0.25) is 0 Å². The molecule has 0 atom stereocenters. The maximum Gasteiger partial charge on any atom is 0.140 e. The van der Waals surface area contributed by atoms with E-state index >= 15 is 0 Å². The molecule has 4 nitrogen and oxygen atoms in total. The quantitative estimate of drug-likeness (QED) is 0.503. The lowest BCUT2D eigenvalue weighted by molar-refractivity contribution is 0.400. The van der Waals surface area contributed by atoms with Crippen molar-refractivity contribution in [1.29, 1.82) is 5.41 Å². The Bertz CT molecular complexity index is 693. The molecule has 0 spiro atoms. The Kier molecular flexibility index (Phi) is 9.82. The summed E-state index contributed by atoms with van der Waals surface area (Å²) >= 11 is 3.50. The molecule has 0 fully saturated rings. The molecule has 2 heterocycles. The lowest BCUT2D eigenvalue weighted by Crippen LogP contribution is -2.31. The normalized spacial score (nSPS) is 12.8. The standard InChI is InChI=1S/C18H24N4S2.2ClH/c1-21(2)8-4-9-22-10-12-24-17-13-14(6-7-15(17)22)20-18(19)16-5-3-11-23-16;;/h3,5-7,11,13H,4,8-10,12H2,1-2H3,(H2,19,20);2*1H. The highest BCUT2D eigenvalue weighted by atomic mass is 35.5. The molecule has 26 heavy (non-hydrogen) atoms. The van der Waals surface area contributed by atoms with Gasteiger partial charge in [-0.1, -0.05) is 6.07 Å². The van der Waals surface area contributed by atoms with Crippen LogP contribution in [-0.4, -0.2) is 50.2 Å². The lowest BCUT2D eigenvalue weighted by atomic mass is 10.2. The molecule has 0 saturated carbocycles. The highest BCUT2D eigenvalue weighted by molar-refractivity contribution is 7.99. The van der Waals surface area contributed by atoms with Crippen LogP contribution in [0.25, 0.3) is 0 Å². The maximum absolute atomic E-state index is 8.17. The predicted octanol–water partition coefficient (Wildman–Crippen LogP) is 4.89. The van der Waals surface area contributed by atoms with E-state index in [0.29, 0.717) is 5.84 Å². The van der Waals surface area contributed by atoms with E-state index < -0.39 is 0 Å². The van der Waals surface area contributed by atoms with Gasteiger partial charge in [-0.25, -0.2) is 0 Å². The first-order valence-corrected chi connectivity index (χ1v) is 10.1.